The van der Waals surface area contributed by atoms with E-state index >= 15 is 0 Å². The average molecular weight is 405 g/mol. The zero-order chi connectivity index (χ0) is 20.1. The van der Waals surface area contributed by atoms with Crippen molar-refractivity contribution in [1.29, 1.82) is 0 Å². The zero-order valence-corrected chi connectivity index (χ0v) is 16.7. The van der Waals surface area contributed by atoms with Crippen molar-refractivity contribution in [2.75, 3.05) is 18.3 Å². The smallest absolute Gasteiger partial charge is 0.261 e. The van der Waals surface area contributed by atoms with Crippen molar-refractivity contribution in [2.45, 2.75) is 37.0 Å². The summed E-state index contributed by atoms with van der Waals surface area (Å²) in [7, 11) is -1.95. The third kappa shape index (κ3) is 5.32. The molecule has 0 radical (unpaired) electrons. The van der Waals surface area contributed by atoms with Crippen LogP contribution in [0.3, 0.4) is 0 Å². The first kappa shape index (κ1) is 20.3. The lowest BCUT2D eigenvalue weighted by Gasteiger charge is -2.21. The van der Waals surface area contributed by atoms with E-state index in [1.165, 1.54) is 37.8 Å². The molecular weight excluding hydrogens is 379 g/mol. The normalized spacial score (nSPS) is 14.8. The summed E-state index contributed by atoms with van der Waals surface area (Å²) >= 11 is 0. The molecule has 1 amide bonds. The number of halogens is 1. The Labute approximate surface area is 165 Å². The number of benzene rings is 2. The lowest BCUT2D eigenvalue weighted by Crippen LogP contribution is -2.32. The molecule has 0 unspecified atom stereocenters. The summed E-state index contributed by atoms with van der Waals surface area (Å²) in [6.07, 6.45) is 5.18. The van der Waals surface area contributed by atoms with E-state index in [2.05, 4.69) is 4.72 Å². The van der Waals surface area contributed by atoms with Crippen LogP contribution in [0.15, 0.2) is 53.4 Å². The SMILES string of the molecule is CN(CC1CCCC1)C(=O)Cc1ccc(NS(=O)(=O)c2ccc(F)cc2)cc1. The third-order valence-corrected chi connectivity index (χ3v) is 6.52. The Balaban J connectivity index is 1.58. The van der Waals surface area contributed by atoms with Gasteiger partial charge in [0.1, 0.15) is 5.82 Å². The fraction of sp³-hybridized carbons (Fsp3) is 0.381. The van der Waals surface area contributed by atoms with Crippen LogP contribution in [-0.2, 0) is 21.2 Å². The highest BCUT2D eigenvalue weighted by atomic mass is 32.2. The first-order valence-corrected chi connectivity index (χ1v) is 10.9. The number of amides is 1. The lowest BCUT2D eigenvalue weighted by atomic mass is 10.1. The maximum absolute atomic E-state index is 13.0. The van der Waals surface area contributed by atoms with E-state index in [9.17, 15) is 17.6 Å². The van der Waals surface area contributed by atoms with Crippen LogP contribution in [0.5, 0.6) is 0 Å². The van der Waals surface area contributed by atoms with E-state index < -0.39 is 15.8 Å². The summed E-state index contributed by atoms with van der Waals surface area (Å²) in [5.74, 6) is 0.176. The molecule has 0 bridgehead atoms. The van der Waals surface area contributed by atoms with E-state index in [4.69, 9.17) is 0 Å². The van der Waals surface area contributed by atoms with Gasteiger partial charge in [-0.1, -0.05) is 25.0 Å². The van der Waals surface area contributed by atoms with Gasteiger partial charge in [0.15, 0.2) is 0 Å². The number of hydrogen-bond acceptors (Lipinski definition) is 3. The molecule has 3 rings (SSSR count). The predicted molar refractivity (Wildman–Crippen MR) is 107 cm³/mol. The largest absolute Gasteiger partial charge is 0.345 e. The van der Waals surface area contributed by atoms with Gasteiger partial charge in [-0.2, -0.15) is 0 Å². The summed E-state index contributed by atoms with van der Waals surface area (Å²) in [4.78, 5) is 14.2. The first-order chi connectivity index (χ1) is 13.3. The molecule has 0 saturated heterocycles. The second kappa shape index (κ2) is 8.73. The van der Waals surface area contributed by atoms with E-state index in [0.717, 1.165) is 24.2 Å². The van der Waals surface area contributed by atoms with Crippen molar-refractivity contribution in [3.8, 4) is 0 Å². The number of nitrogens with one attached hydrogen (secondary N) is 1. The maximum atomic E-state index is 13.0. The summed E-state index contributed by atoms with van der Waals surface area (Å²) < 4.78 is 40.1. The van der Waals surface area contributed by atoms with Crippen LogP contribution in [-0.4, -0.2) is 32.8 Å². The van der Waals surface area contributed by atoms with Crippen LogP contribution in [0.25, 0.3) is 0 Å². The van der Waals surface area contributed by atoms with Gasteiger partial charge in [-0.25, -0.2) is 12.8 Å². The minimum Gasteiger partial charge on any atom is -0.345 e. The fourth-order valence-electron chi connectivity index (χ4n) is 3.51. The van der Waals surface area contributed by atoms with Crippen molar-refractivity contribution in [3.63, 3.8) is 0 Å². The Morgan fingerprint density at radius 1 is 1.07 bits per heavy atom. The van der Waals surface area contributed by atoms with Gasteiger partial charge in [-0.05, 0) is 60.7 Å². The van der Waals surface area contributed by atoms with Gasteiger partial charge in [0.05, 0.1) is 11.3 Å². The Kier molecular flexibility index (Phi) is 6.34. The summed E-state index contributed by atoms with van der Waals surface area (Å²) in [5, 5.41) is 0. The van der Waals surface area contributed by atoms with Gasteiger partial charge >= 0.3 is 0 Å². The molecule has 0 heterocycles. The third-order valence-electron chi connectivity index (χ3n) is 5.12. The van der Waals surface area contributed by atoms with Crippen molar-refractivity contribution in [3.05, 3.63) is 59.9 Å². The average Bonchev–Trinajstić information content (AvgIpc) is 3.16. The summed E-state index contributed by atoms with van der Waals surface area (Å²) in [6.45, 7) is 0.800. The standard InChI is InChI=1S/C21H25FN2O3S/c1-24(15-17-4-2-3-5-17)21(25)14-16-6-10-19(11-7-16)23-28(26,27)20-12-8-18(22)9-13-20/h6-13,17,23H,2-5,14-15H2,1H3. The highest BCUT2D eigenvalue weighted by Gasteiger charge is 2.19. The van der Waals surface area contributed by atoms with Gasteiger partial charge < -0.3 is 4.90 Å². The van der Waals surface area contributed by atoms with E-state index in [1.807, 2.05) is 7.05 Å². The van der Waals surface area contributed by atoms with Gasteiger partial charge in [-0.3, -0.25) is 9.52 Å². The highest BCUT2D eigenvalue weighted by molar-refractivity contribution is 7.92. The molecule has 7 heteroatoms. The number of sulfonamides is 1. The molecule has 1 aliphatic rings. The van der Waals surface area contributed by atoms with Crippen molar-refractivity contribution in [2.24, 2.45) is 5.92 Å². The topological polar surface area (TPSA) is 66.5 Å². The molecule has 1 saturated carbocycles. The van der Waals surface area contributed by atoms with Crippen LogP contribution < -0.4 is 4.72 Å². The molecule has 28 heavy (non-hydrogen) atoms. The fourth-order valence-corrected chi connectivity index (χ4v) is 4.57. The number of carbonyl (C=O) groups excluding carboxylic acids is 1. The molecule has 0 atom stereocenters. The number of likely N-dealkylation sites (N-methyl/N-ethyl adjacent to an activating group) is 1. The maximum Gasteiger partial charge on any atom is 0.261 e. The summed E-state index contributed by atoms with van der Waals surface area (Å²) in [5.41, 5.74) is 1.22. The van der Waals surface area contributed by atoms with E-state index in [-0.39, 0.29) is 17.2 Å². The molecule has 0 aromatic heterocycles. The molecule has 0 spiro atoms. The molecule has 1 N–H and O–H groups in total. The predicted octanol–water partition coefficient (Wildman–Crippen LogP) is 3.82. The first-order valence-electron chi connectivity index (χ1n) is 9.45. The van der Waals surface area contributed by atoms with Crippen molar-refractivity contribution in [1.82, 2.24) is 4.90 Å². The quantitative estimate of drug-likeness (QED) is 0.763. The second-order valence-corrected chi connectivity index (χ2v) is 9.04. The molecule has 2 aromatic rings. The van der Waals surface area contributed by atoms with Crippen LogP contribution in [0.4, 0.5) is 10.1 Å². The number of anilines is 1. The van der Waals surface area contributed by atoms with Crippen LogP contribution >= 0.6 is 0 Å². The second-order valence-electron chi connectivity index (χ2n) is 7.36. The lowest BCUT2D eigenvalue weighted by molar-refractivity contribution is -0.129. The Morgan fingerprint density at radius 2 is 1.68 bits per heavy atom. The summed E-state index contributed by atoms with van der Waals surface area (Å²) in [6, 6.07) is 11.4. The van der Waals surface area contributed by atoms with Crippen molar-refractivity contribution >= 4 is 21.6 Å². The minimum atomic E-state index is -3.78. The van der Waals surface area contributed by atoms with Crippen molar-refractivity contribution < 1.29 is 17.6 Å². The van der Waals surface area contributed by atoms with Crippen LogP contribution in [0.2, 0.25) is 0 Å². The Hall–Kier alpha value is -2.41. The molecule has 5 nitrogen and oxygen atoms in total. The minimum absolute atomic E-state index is 0.0123. The molecule has 1 fully saturated rings. The number of nitrogens with zero attached hydrogens (tertiary/aromatic N) is 1. The molecule has 1 aliphatic carbocycles. The monoisotopic (exact) mass is 404 g/mol. The molecule has 150 valence electrons. The van der Waals surface area contributed by atoms with Gasteiger partial charge in [0.25, 0.3) is 10.0 Å². The van der Waals surface area contributed by atoms with Crippen LogP contribution in [0.1, 0.15) is 31.2 Å². The van der Waals surface area contributed by atoms with Gasteiger partial charge in [0.2, 0.25) is 5.91 Å². The van der Waals surface area contributed by atoms with E-state index in [1.54, 1.807) is 29.2 Å². The number of carbonyl (C=O) groups is 1. The van der Waals surface area contributed by atoms with Crippen LogP contribution in [0, 0.1) is 11.7 Å². The van der Waals surface area contributed by atoms with E-state index in [0.29, 0.717) is 11.6 Å². The highest BCUT2D eigenvalue weighted by Crippen LogP contribution is 2.25. The number of hydrogen-bond donors (Lipinski definition) is 1. The van der Waals surface area contributed by atoms with Gasteiger partial charge in [-0.15, -0.1) is 0 Å². The van der Waals surface area contributed by atoms with Gasteiger partial charge in [0, 0.05) is 19.3 Å². The number of rotatable bonds is 7. The molecule has 0 aliphatic heterocycles. The molecule has 2 aromatic carbocycles. The Bertz CT molecular complexity index is 906. The zero-order valence-electron chi connectivity index (χ0n) is 15.9. The Morgan fingerprint density at radius 3 is 2.29 bits per heavy atom. The molecular formula is C21H25FN2O3S.